The number of piperidine rings is 1. The molecule has 18 heavy (non-hydrogen) atoms. The molecule has 4 heteroatoms. The number of hydrogen-bond acceptors (Lipinski definition) is 3. The Morgan fingerprint density at radius 1 is 1.39 bits per heavy atom. The summed E-state index contributed by atoms with van der Waals surface area (Å²) in [5, 5.41) is 9.23. The van der Waals surface area contributed by atoms with Gasteiger partial charge in [0.25, 0.3) is 0 Å². The molecule has 1 N–H and O–H groups in total. The van der Waals surface area contributed by atoms with Crippen LogP contribution in [0.4, 0.5) is 5.69 Å². The van der Waals surface area contributed by atoms with Gasteiger partial charge in [-0.1, -0.05) is 6.07 Å². The van der Waals surface area contributed by atoms with Crippen molar-refractivity contribution in [3.63, 3.8) is 0 Å². The van der Waals surface area contributed by atoms with Crippen molar-refractivity contribution >= 4 is 11.7 Å². The minimum absolute atomic E-state index is 0.305. The van der Waals surface area contributed by atoms with Crippen molar-refractivity contribution in [2.75, 3.05) is 25.1 Å². The Kier molecular flexibility index (Phi) is 3.87. The lowest BCUT2D eigenvalue weighted by Crippen LogP contribution is -2.37. The Labute approximate surface area is 107 Å². The van der Waals surface area contributed by atoms with Gasteiger partial charge in [-0.3, -0.25) is 0 Å². The van der Waals surface area contributed by atoms with Crippen molar-refractivity contribution in [3.8, 4) is 0 Å². The molecular formula is C14H19NO3. The quantitative estimate of drug-likeness (QED) is 0.893. The van der Waals surface area contributed by atoms with Gasteiger partial charge in [-0.2, -0.15) is 0 Å². The van der Waals surface area contributed by atoms with Crippen molar-refractivity contribution in [1.82, 2.24) is 0 Å². The number of carboxylic acids is 1. The van der Waals surface area contributed by atoms with Crippen molar-refractivity contribution < 1.29 is 14.6 Å². The van der Waals surface area contributed by atoms with Gasteiger partial charge in [0.2, 0.25) is 0 Å². The van der Waals surface area contributed by atoms with Gasteiger partial charge in [0, 0.05) is 20.2 Å². The average Bonchev–Trinajstić information content (AvgIpc) is 2.38. The number of aromatic carboxylic acids is 1. The van der Waals surface area contributed by atoms with E-state index in [9.17, 15) is 9.90 Å². The molecule has 0 aromatic heterocycles. The van der Waals surface area contributed by atoms with Gasteiger partial charge in [0.15, 0.2) is 0 Å². The van der Waals surface area contributed by atoms with E-state index in [0.717, 1.165) is 37.2 Å². The van der Waals surface area contributed by atoms with Crippen molar-refractivity contribution in [3.05, 3.63) is 29.3 Å². The van der Waals surface area contributed by atoms with Crippen LogP contribution in [0.15, 0.2) is 18.2 Å². The number of hydrogen-bond donors (Lipinski definition) is 1. The number of benzene rings is 1. The van der Waals surface area contributed by atoms with Gasteiger partial charge in [-0.15, -0.1) is 0 Å². The highest BCUT2D eigenvalue weighted by Gasteiger charge is 2.22. The van der Waals surface area contributed by atoms with Crippen LogP contribution in [-0.2, 0) is 4.74 Å². The molecule has 1 heterocycles. The Morgan fingerprint density at radius 3 is 2.61 bits per heavy atom. The van der Waals surface area contributed by atoms with Crippen LogP contribution in [0.1, 0.15) is 28.8 Å². The van der Waals surface area contributed by atoms with Crippen molar-refractivity contribution in [1.29, 1.82) is 0 Å². The Bertz CT molecular complexity index is 437. The van der Waals surface area contributed by atoms with Gasteiger partial charge in [-0.05, 0) is 37.5 Å². The van der Waals surface area contributed by atoms with Crippen LogP contribution >= 0.6 is 0 Å². The number of rotatable bonds is 3. The molecule has 4 nitrogen and oxygen atoms in total. The Hall–Kier alpha value is -1.55. The third-order valence-electron chi connectivity index (χ3n) is 3.50. The molecule has 0 bridgehead atoms. The third kappa shape index (κ3) is 2.64. The number of aryl methyl sites for hydroxylation is 1. The highest BCUT2D eigenvalue weighted by molar-refractivity contribution is 5.94. The summed E-state index contributed by atoms with van der Waals surface area (Å²) in [6.45, 7) is 3.68. The van der Waals surface area contributed by atoms with E-state index >= 15 is 0 Å². The second kappa shape index (κ2) is 5.40. The molecule has 1 saturated heterocycles. The molecule has 1 aromatic carbocycles. The highest BCUT2D eigenvalue weighted by Crippen LogP contribution is 2.26. The topological polar surface area (TPSA) is 49.8 Å². The van der Waals surface area contributed by atoms with Gasteiger partial charge >= 0.3 is 5.97 Å². The van der Waals surface area contributed by atoms with E-state index in [1.807, 2.05) is 19.1 Å². The Morgan fingerprint density at radius 2 is 2.06 bits per heavy atom. The molecule has 98 valence electrons. The molecule has 0 spiro atoms. The standard InChI is InChI=1S/C14H19NO3/c1-10-3-4-12(14(16)17)13(9-10)15-7-5-11(18-2)6-8-15/h3-4,9,11H,5-8H2,1-2H3,(H,16,17). The number of ether oxygens (including phenoxy) is 1. The largest absolute Gasteiger partial charge is 0.478 e. The van der Waals surface area contributed by atoms with E-state index in [2.05, 4.69) is 4.90 Å². The number of carboxylic acid groups (broad SMARTS) is 1. The van der Waals surface area contributed by atoms with E-state index < -0.39 is 5.97 Å². The van der Waals surface area contributed by atoms with Gasteiger partial charge < -0.3 is 14.7 Å². The maximum absolute atomic E-state index is 11.2. The number of methoxy groups -OCH3 is 1. The summed E-state index contributed by atoms with van der Waals surface area (Å²) in [6.07, 6.45) is 2.20. The fraction of sp³-hybridized carbons (Fsp3) is 0.500. The summed E-state index contributed by atoms with van der Waals surface area (Å²) in [5.41, 5.74) is 2.30. The second-order valence-corrected chi connectivity index (χ2v) is 4.75. The molecular weight excluding hydrogens is 230 g/mol. The van der Waals surface area contributed by atoms with Gasteiger partial charge in [0.05, 0.1) is 17.4 Å². The number of nitrogens with zero attached hydrogens (tertiary/aromatic N) is 1. The fourth-order valence-electron chi connectivity index (χ4n) is 2.42. The lowest BCUT2D eigenvalue weighted by Gasteiger charge is -2.33. The normalized spacial score (nSPS) is 16.9. The van der Waals surface area contributed by atoms with E-state index in [0.29, 0.717) is 11.7 Å². The summed E-state index contributed by atoms with van der Waals surface area (Å²) in [4.78, 5) is 13.4. The molecule has 0 saturated carbocycles. The molecule has 0 amide bonds. The van der Waals surface area contributed by atoms with Crippen LogP contribution in [0.2, 0.25) is 0 Å². The zero-order valence-corrected chi connectivity index (χ0v) is 10.8. The van der Waals surface area contributed by atoms with Crippen LogP contribution in [0.5, 0.6) is 0 Å². The van der Waals surface area contributed by atoms with Crippen LogP contribution in [0.3, 0.4) is 0 Å². The summed E-state index contributed by atoms with van der Waals surface area (Å²) >= 11 is 0. The lowest BCUT2D eigenvalue weighted by molar-refractivity contribution is 0.0696. The van der Waals surface area contributed by atoms with Crippen molar-refractivity contribution in [2.24, 2.45) is 0 Å². The maximum Gasteiger partial charge on any atom is 0.337 e. The van der Waals surface area contributed by atoms with Crippen LogP contribution < -0.4 is 4.90 Å². The first kappa shape index (κ1) is 12.9. The van der Waals surface area contributed by atoms with E-state index in [1.54, 1.807) is 13.2 Å². The predicted molar refractivity (Wildman–Crippen MR) is 70.4 cm³/mol. The van der Waals surface area contributed by atoms with Crippen LogP contribution in [-0.4, -0.2) is 37.4 Å². The monoisotopic (exact) mass is 249 g/mol. The maximum atomic E-state index is 11.2. The molecule has 2 rings (SSSR count). The van der Waals surface area contributed by atoms with E-state index in [1.165, 1.54) is 0 Å². The predicted octanol–water partition coefficient (Wildman–Crippen LogP) is 2.31. The third-order valence-corrected chi connectivity index (χ3v) is 3.50. The first-order chi connectivity index (χ1) is 8.61. The number of carbonyl (C=O) groups is 1. The lowest BCUT2D eigenvalue weighted by atomic mass is 10.0. The summed E-state index contributed by atoms with van der Waals surface area (Å²) in [5.74, 6) is -0.862. The molecule has 0 aliphatic carbocycles. The number of anilines is 1. The minimum Gasteiger partial charge on any atom is -0.478 e. The zero-order chi connectivity index (χ0) is 13.1. The zero-order valence-electron chi connectivity index (χ0n) is 10.8. The van der Waals surface area contributed by atoms with Gasteiger partial charge in [-0.25, -0.2) is 4.79 Å². The summed E-state index contributed by atoms with van der Waals surface area (Å²) in [7, 11) is 1.73. The highest BCUT2D eigenvalue weighted by atomic mass is 16.5. The smallest absolute Gasteiger partial charge is 0.337 e. The Balaban J connectivity index is 2.22. The first-order valence-corrected chi connectivity index (χ1v) is 6.23. The van der Waals surface area contributed by atoms with E-state index in [4.69, 9.17) is 4.74 Å². The van der Waals surface area contributed by atoms with Crippen LogP contribution in [0, 0.1) is 6.92 Å². The molecule has 0 atom stereocenters. The summed E-state index contributed by atoms with van der Waals surface area (Å²) in [6, 6.07) is 5.49. The molecule has 1 aliphatic heterocycles. The molecule has 1 aromatic rings. The minimum atomic E-state index is -0.862. The molecule has 0 unspecified atom stereocenters. The summed E-state index contributed by atoms with van der Waals surface area (Å²) < 4.78 is 5.33. The van der Waals surface area contributed by atoms with Crippen molar-refractivity contribution in [2.45, 2.75) is 25.9 Å². The van der Waals surface area contributed by atoms with Crippen LogP contribution in [0.25, 0.3) is 0 Å². The first-order valence-electron chi connectivity index (χ1n) is 6.23. The second-order valence-electron chi connectivity index (χ2n) is 4.75. The molecule has 1 fully saturated rings. The molecule has 1 aliphatic rings. The average molecular weight is 249 g/mol. The van der Waals surface area contributed by atoms with E-state index in [-0.39, 0.29) is 0 Å². The van der Waals surface area contributed by atoms with Gasteiger partial charge in [0.1, 0.15) is 0 Å². The SMILES string of the molecule is COC1CCN(c2cc(C)ccc2C(=O)O)CC1. The fourth-order valence-corrected chi connectivity index (χ4v) is 2.42. The molecule has 0 radical (unpaired) electrons.